The molecule has 2 aromatic rings. The first-order valence-electron chi connectivity index (χ1n) is 8.73. The maximum absolute atomic E-state index is 12.3. The summed E-state index contributed by atoms with van der Waals surface area (Å²) >= 11 is 5.45. The maximum Gasteiger partial charge on any atom is 0.250 e. The van der Waals surface area contributed by atoms with Crippen LogP contribution in [0.5, 0.6) is 11.5 Å². The zero-order valence-electron chi connectivity index (χ0n) is 15.4. The summed E-state index contributed by atoms with van der Waals surface area (Å²) in [5.74, 6) is 0.988. The lowest BCUT2D eigenvalue weighted by Crippen LogP contribution is -2.44. The minimum absolute atomic E-state index is 0.266. The molecule has 1 aliphatic rings. The Bertz CT molecular complexity index is 879. The lowest BCUT2D eigenvalue weighted by Gasteiger charge is -2.31. The van der Waals surface area contributed by atoms with E-state index in [9.17, 15) is 4.79 Å². The molecular weight excluding hydrogens is 360 g/mol. The van der Waals surface area contributed by atoms with E-state index in [1.165, 1.54) is 11.6 Å². The Kier molecular flexibility index (Phi) is 6.08. The van der Waals surface area contributed by atoms with Gasteiger partial charge in [0, 0.05) is 18.3 Å². The highest BCUT2D eigenvalue weighted by Gasteiger charge is 2.20. The molecule has 1 N–H and O–H groups in total. The van der Waals surface area contributed by atoms with E-state index in [0.29, 0.717) is 16.6 Å². The molecule has 2 aromatic carbocycles. The van der Waals surface area contributed by atoms with Gasteiger partial charge in [0.05, 0.1) is 14.2 Å². The van der Waals surface area contributed by atoms with Gasteiger partial charge in [0.2, 0.25) is 5.91 Å². The highest BCUT2D eigenvalue weighted by atomic mass is 32.1. The Hall–Kier alpha value is -2.86. The van der Waals surface area contributed by atoms with Crippen molar-refractivity contribution in [1.82, 2.24) is 5.32 Å². The molecule has 1 heterocycles. The van der Waals surface area contributed by atoms with Gasteiger partial charge in [-0.15, -0.1) is 0 Å². The third-order valence-electron chi connectivity index (χ3n) is 4.42. The molecule has 1 aliphatic heterocycles. The van der Waals surface area contributed by atoms with Gasteiger partial charge in [-0.3, -0.25) is 10.1 Å². The van der Waals surface area contributed by atoms with Crippen LogP contribution in [0.2, 0.25) is 0 Å². The van der Waals surface area contributed by atoms with Crippen molar-refractivity contribution in [3.05, 3.63) is 59.7 Å². The molecule has 1 amide bonds. The summed E-state index contributed by atoms with van der Waals surface area (Å²) in [4.78, 5) is 14.3. The third-order valence-corrected chi connectivity index (χ3v) is 4.74. The number of para-hydroxylation sites is 1. The molecule has 0 atom stereocenters. The maximum atomic E-state index is 12.3. The Morgan fingerprint density at radius 2 is 1.93 bits per heavy atom. The van der Waals surface area contributed by atoms with E-state index in [0.717, 1.165) is 30.6 Å². The van der Waals surface area contributed by atoms with Crippen molar-refractivity contribution < 1.29 is 14.3 Å². The summed E-state index contributed by atoms with van der Waals surface area (Å²) in [5.41, 5.74) is 3.15. The van der Waals surface area contributed by atoms with Gasteiger partial charge in [-0.1, -0.05) is 24.3 Å². The first-order valence-corrected chi connectivity index (χ1v) is 9.13. The van der Waals surface area contributed by atoms with Gasteiger partial charge >= 0.3 is 0 Å². The van der Waals surface area contributed by atoms with Crippen LogP contribution in [0.25, 0.3) is 6.08 Å². The quantitative estimate of drug-likeness (QED) is 0.647. The minimum Gasteiger partial charge on any atom is -0.493 e. The molecule has 0 aliphatic carbocycles. The molecular formula is C21H22N2O3S. The minimum atomic E-state index is -0.266. The van der Waals surface area contributed by atoms with E-state index < -0.39 is 0 Å². The van der Waals surface area contributed by atoms with Gasteiger partial charge in [0.1, 0.15) is 0 Å². The van der Waals surface area contributed by atoms with E-state index >= 15 is 0 Å². The van der Waals surface area contributed by atoms with Crippen LogP contribution in [0.15, 0.2) is 48.5 Å². The van der Waals surface area contributed by atoms with Crippen LogP contribution < -0.4 is 19.7 Å². The fraction of sp³-hybridized carbons (Fsp3) is 0.238. The molecule has 140 valence electrons. The van der Waals surface area contributed by atoms with Gasteiger partial charge in [-0.2, -0.15) is 0 Å². The van der Waals surface area contributed by atoms with E-state index in [1.54, 1.807) is 26.4 Å². The summed E-state index contributed by atoms with van der Waals surface area (Å²) in [6.07, 6.45) is 5.21. The van der Waals surface area contributed by atoms with Crippen LogP contribution in [-0.2, 0) is 11.2 Å². The summed E-state index contributed by atoms with van der Waals surface area (Å²) in [6, 6.07) is 13.6. The normalized spacial score (nSPS) is 13.2. The molecule has 0 unspecified atom stereocenters. The Labute approximate surface area is 164 Å². The number of rotatable bonds is 4. The zero-order valence-corrected chi connectivity index (χ0v) is 16.2. The number of carbonyl (C=O) groups is 1. The summed E-state index contributed by atoms with van der Waals surface area (Å²) in [7, 11) is 3.16. The van der Waals surface area contributed by atoms with Crippen LogP contribution in [0.1, 0.15) is 17.5 Å². The highest BCUT2D eigenvalue weighted by molar-refractivity contribution is 7.80. The first-order chi connectivity index (χ1) is 13.1. The second kappa shape index (κ2) is 8.68. The largest absolute Gasteiger partial charge is 0.493 e. The fourth-order valence-electron chi connectivity index (χ4n) is 3.09. The van der Waals surface area contributed by atoms with Gasteiger partial charge in [-0.25, -0.2) is 0 Å². The van der Waals surface area contributed by atoms with E-state index in [2.05, 4.69) is 11.4 Å². The predicted octanol–water partition coefficient (Wildman–Crippen LogP) is 3.57. The van der Waals surface area contributed by atoms with Crippen molar-refractivity contribution in [2.45, 2.75) is 12.8 Å². The fourth-order valence-corrected chi connectivity index (χ4v) is 3.38. The standard InChI is InChI=1S/C21H22N2O3S/c1-25-18-11-9-15(14-19(18)26-2)10-12-20(24)22-21(27)23-13-5-7-16-6-3-4-8-17(16)23/h3-4,6,8-12,14H,5,7,13H2,1-2H3,(H,22,24,27). The molecule has 27 heavy (non-hydrogen) atoms. The van der Waals surface area contributed by atoms with Crippen LogP contribution in [0.4, 0.5) is 5.69 Å². The van der Waals surface area contributed by atoms with Crippen LogP contribution in [-0.4, -0.2) is 31.8 Å². The van der Waals surface area contributed by atoms with Crippen LogP contribution in [0.3, 0.4) is 0 Å². The van der Waals surface area contributed by atoms with E-state index in [4.69, 9.17) is 21.7 Å². The number of hydrogen-bond acceptors (Lipinski definition) is 4. The first kappa shape index (κ1) is 18.9. The van der Waals surface area contributed by atoms with Crippen molar-refractivity contribution in [2.24, 2.45) is 0 Å². The number of carbonyl (C=O) groups excluding carboxylic acids is 1. The molecule has 0 saturated heterocycles. The number of fused-ring (bicyclic) bond motifs is 1. The second-order valence-corrected chi connectivity index (χ2v) is 6.51. The zero-order chi connectivity index (χ0) is 19.2. The Morgan fingerprint density at radius 1 is 1.15 bits per heavy atom. The number of methoxy groups -OCH3 is 2. The number of hydrogen-bond donors (Lipinski definition) is 1. The lowest BCUT2D eigenvalue weighted by molar-refractivity contribution is -0.115. The molecule has 6 heteroatoms. The van der Waals surface area contributed by atoms with E-state index in [1.807, 2.05) is 35.2 Å². The summed E-state index contributed by atoms with van der Waals surface area (Å²) < 4.78 is 10.5. The number of ether oxygens (including phenoxy) is 2. The molecule has 0 bridgehead atoms. The number of aryl methyl sites for hydroxylation is 1. The van der Waals surface area contributed by atoms with Crippen molar-refractivity contribution in [3.63, 3.8) is 0 Å². The van der Waals surface area contributed by atoms with Crippen molar-refractivity contribution in [1.29, 1.82) is 0 Å². The second-order valence-electron chi connectivity index (χ2n) is 6.13. The molecule has 0 aromatic heterocycles. The van der Waals surface area contributed by atoms with Crippen molar-refractivity contribution in [3.8, 4) is 11.5 Å². The van der Waals surface area contributed by atoms with Crippen LogP contribution in [0, 0.1) is 0 Å². The van der Waals surface area contributed by atoms with Gasteiger partial charge in [-0.05, 0) is 60.5 Å². The Morgan fingerprint density at radius 3 is 2.70 bits per heavy atom. The SMILES string of the molecule is COc1ccc(C=CC(=O)NC(=S)N2CCCc3ccccc32)cc1OC. The van der Waals surface area contributed by atoms with Gasteiger partial charge in [0.25, 0.3) is 0 Å². The average molecular weight is 382 g/mol. The number of benzene rings is 2. The topological polar surface area (TPSA) is 50.8 Å². The monoisotopic (exact) mass is 382 g/mol. The highest BCUT2D eigenvalue weighted by Crippen LogP contribution is 2.28. The van der Waals surface area contributed by atoms with Gasteiger partial charge in [0.15, 0.2) is 16.6 Å². The predicted molar refractivity (Wildman–Crippen MR) is 111 cm³/mol. The molecule has 0 fully saturated rings. The number of nitrogens with one attached hydrogen (secondary N) is 1. The van der Waals surface area contributed by atoms with Crippen molar-refractivity contribution >= 4 is 35.0 Å². The van der Waals surface area contributed by atoms with Gasteiger partial charge < -0.3 is 14.4 Å². The molecule has 0 radical (unpaired) electrons. The lowest BCUT2D eigenvalue weighted by atomic mass is 10.0. The molecule has 5 nitrogen and oxygen atoms in total. The number of anilines is 1. The summed E-state index contributed by atoms with van der Waals surface area (Å²) in [5, 5.41) is 3.21. The molecule has 0 saturated carbocycles. The molecule has 0 spiro atoms. The van der Waals surface area contributed by atoms with Crippen molar-refractivity contribution in [2.75, 3.05) is 25.7 Å². The van der Waals surface area contributed by atoms with Crippen LogP contribution >= 0.6 is 12.2 Å². The third kappa shape index (κ3) is 4.46. The number of amides is 1. The summed E-state index contributed by atoms with van der Waals surface area (Å²) in [6.45, 7) is 0.801. The van der Waals surface area contributed by atoms with E-state index in [-0.39, 0.29) is 5.91 Å². The Balaban J connectivity index is 1.66. The molecule has 3 rings (SSSR count). The number of thiocarbonyl (C=S) groups is 1. The smallest absolute Gasteiger partial charge is 0.250 e. The average Bonchev–Trinajstić information content (AvgIpc) is 2.71. The number of nitrogens with zero attached hydrogens (tertiary/aromatic N) is 1.